The van der Waals surface area contributed by atoms with Gasteiger partial charge in [0.15, 0.2) is 10.5 Å². The van der Waals surface area contributed by atoms with Crippen molar-refractivity contribution in [3.05, 3.63) is 106 Å². The van der Waals surface area contributed by atoms with Crippen LogP contribution in [-0.2, 0) is 0 Å². The average molecular weight is 525 g/mol. The van der Waals surface area contributed by atoms with Crippen molar-refractivity contribution in [3.63, 3.8) is 0 Å². The maximum Gasteiger partial charge on any atom is 0.337 e. The number of aromatic hydroxyl groups is 1. The van der Waals surface area contributed by atoms with Crippen molar-refractivity contribution in [1.82, 2.24) is 5.32 Å². The van der Waals surface area contributed by atoms with Crippen LogP contribution in [0.1, 0.15) is 34.5 Å². The van der Waals surface area contributed by atoms with Crippen LogP contribution in [0.25, 0.3) is 33.4 Å². The van der Waals surface area contributed by atoms with Crippen molar-refractivity contribution >= 4 is 40.0 Å². The Bertz CT molecular complexity index is 1730. The van der Waals surface area contributed by atoms with Gasteiger partial charge in [-0.2, -0.15) is 0 Å². The van der Waals surface area contributed by atoms with Crippen LogP contribution >= 0.6 is 12.2 Å². The summed E-state index contributed by atoms with van der Waals surface area (Å²) in [5, 5.41) is 27.2. The van der Waals surface area contributed by atoms with Crippen molar-refractivity contribution in [1.29, 1.82) is 0 Å². The topological polar surface area (TPSA) is 112 Å². The molecule has 1 atom stereocenters. The second-order valence-electron chi connectivity index (χ2n) is 9.11. The molecule has 7 nitrogen and oxygen atoms in total. The fourth-order valence-corrected chi connectivity index (χ4v) is 4.74. The Kier molecular flexibility index (Phi) is 6.57. The molecule has 3 aromatic carbocycles. The van der Waals surface area contributed by atoms with Gasteiger partial charge >= 0.3 is 5.97 Å². The van der Waals surface area contributed by atoms with E-state index in [-0.39, 0.29) is 22.8 Å². The molecule has 5 rings (SSSR count). The van der Waals surface area contributed by atoms with E-state index in [1.165, 1.54) is 24.3 Å². The lowest BCUT2D eigenvalue weighted by molar-refractivity contribution is 0.0698. The molecule has 0 spiro atoms. The minimum atomic E-state index is -1.13. The first-order chi connectivity index (χ1) is 18.2. The SMILES string of the molecule is Cc1ccc([C@@H](C)NC(=S)Nc2ccc(-c3c4ccc(=O)cc-4oc4cc(O)ccc34)cc2C(=O)O)cc1. The molecular formula is C30H24N2O5S. The van der Waals surface area contributed by atoms with Crippen LogP contribution in [0.15, 0.2) is 88.1 Å². The minimum absolute atomic E-state index is 0.0106. The predicted octanol–water partition coefficient (Wildman–Crippen LogP) is 6.32. The number of carboxylic acid groups (broad SMARTS) is 1. The quantitative estimate of drug-likeness (QED) is 0.156. The number of carboxylic acids is 1. The number of rotatable bonds is 5. The second-order valence-corrected chi connectivity index (χ2v) is 9.52. The number of phenols is 1. The van der Waals surface area contributed by atoms with Gasteiger partial charge in [-0.1, -0.05) is 35.9 Å². The normalized spacial score (nSPS) is 11.8. The molecule has 1 aliphatic heterocycles. The molecule has 4 N–H and O–H groups in total. The van der Waals surface area contributed by atoms with Gasteiger partial charge in [0, 0.05) is 28.6 Å². The van der Waals surface area contributed by atoms with Crippen LogP contribution in [0.3, 0.4) is 0 Å². The maximum atomic E-state index is 12.3. The summed E-state index contributed by atoms with van der Waals surface area (Å²) in [6, 6.07) is 22.1. The molecule has 190 valence electrons. The number of fused-ring (bicyclic) bond motifs is 2. The summed E-state index contributed by atoms with van der Waals surface area (Å²) < 4.78 is 5.89. The Morgan fingerprint density at radius 1 is 0.974 bits per heavy atom. The van der Waals surface area contributed by atoms with Crippen LogP contribution in [0.2, 0.25) is 0 Å². The zero-order valence-corrected chi connectivity index (χ0v) is 21.4. The Hall–Kier alpha value is -4.69. The van der Waals surface area contributed by atoms with E-state index in [1.807, 2.05) is 38.1 Å². The molecule has 1 heterocycles. The van der Waals surface area contributed by atoms with E-state index in [4.69, 9.17) is 16.6 Å². The number of hydrogen-bond donors (Lipinski definition) is 4. The standard InChI is InChI=1S/C30H24N2O5S/c1-16-3-5-18(6-4-16)17(2)31-30(38)32-25-12-7-19(13-24(25)29(35)36)28-22-10-8-20(33)14-26(22)37-27-15-21(34)9-11-23(27)28/h3-15,17,33H,1-2H3,(H,35,36)(H2,31,32,38)/t17-/m1/s1. The first-order valence-electron chi connectivity index (χ1n) is 11.9. The van der Waals surface area contributed by atoms with E-state index < -0.39 is 5.97 Å². The molecule has 0 saturated heterocycles. The third-order valence-corrected chi connectivity index (χ3v) is 6.61. The fourth-order valence-electron chi connectivity index (χ4n) is 4.45. The van der Waals surface area contributed by atoms with Gasteiger partial charge in [0.05, 0.1) is 17.3 Å². The molecule has 1 aliphatic carbocycles. The van der Waals surface area contributed by atoms with E-state index in [2.05, 4.69) is 10.6 Å². The number of aryl methyl sites for hydroxylation is 1. The van der Waals surface area contributed by atoms with Gasteiger partial charge in [0.25, 0.3) is 0 Å². The Morgan fingerprint density at radius 3 is 2.47 bits per heavy atom. The molecule has 3 aromatic rings. The zero-order chi connectivity index (χ0) is 27.0. The van der Waals surface area contributed by atoms with Crippen molar-refractivity contribution in [3.8, 4) is 28.2 Å². The van der Waals surface area contributed by atoms with E-state index in [9.17, 15) is 19.8 Å². The van der Waals surface area contributed by atoms with E-state index in [1.54, 1.807) is 30.3 Å². The fraction of sp³-hybridized carbons (Fsp3) is 0.100. The molecule has 0 aromatic heterocycles. The van der Waals surface area contributed by atoms with Crippen LogP contribution in [0, 0.1) is 6.92 Å². The Labute approximate surface area is 223 Å². The van der Waals surface area contributed by atoms with Gasteiger partial charge in [0.2, 0.25) is 0 Å². The molecule has 2 aliphatic rings. The molecule has 0 fully saturated rings. The lowest BCUT2D eigenvalue weighted by Crippen LogP contribution is -2.31. The molecule has 0 unspecified atom stereocenters. The molecule has 0 amide bonds. The highest BCUT2D eigenvalue weighted by molar-refractivity contribution is 7.80. The monoisotopic (exact) mass is 524 g/mol. The number of carbonyl (C=O) groups is 1. The minimum Gasteiger partial charge on any atom is -0.508 e. The second kappa shape index (κ2) is 9.99. The zero-order valence-electron chi connectivity index (χ0n) is 20.6. The van der Waals surface area contributed by atoms with E-state index in [0.29, 0.717) is 44.2 Å². The van der Waals surface area contributed by atoms with Crippen molar-refractivity contribution in [2.45, 2.75) is 19.9 Å². The number of hydrogen-bond acceptors (Lipinski definition) is 5. The third-order valence-electron chi connectivity index (χ3n) is 6.39. The maximum absolute atomic E-state index is 12.3. The van der Waals surface area contributed by atoms with Crippen LogP contribution in [0.5, 0.6) is 5.75 Å². The van der Waals surface area contributed by atoms with Gasteiger partial charge in [-0.3, -0.25) is 4.79 Å². The highest BCUT2D eigenvalue weighted by Crippen LogP contribution is 2.41. The molecular weight excluding hydrogens is 500 g/mol. The number of thiocarbonyl (C=S) groups is 1. The first-order valence-corrected chi connectivity index (χ1v) is 12.3. The van der Waals surface area contributed by atoms with Crippen molar-refractivity contribution in [2.75, 3.05) is 5.32 Å². The van der Waals surface area contributed by atoms with Gasteiger partial charge in [0.1, 0.15) is 17.1 Å². The van der Waals surface area contributed by atoms with E-state index in [0.717, 1.165) is 11.1 Å². The predicted molar refractivity (Wildman–Crippen MR) is 152 cm³/mol. The van der Waals surface area contributed by atoms with Crippen molar-refractivity contribution < 1.29 is 19.4 Å². The number of benzene rings is 4. The summed E-state index contributed by atoms with van der Waals surface area (Å²) in [7, 11) is 0. The summed E-state index contributed by atoms with van der Waals surface area (Å²) in [5.74, 6) is -0.783. The number of phenolic OH excluding ortho intramolecular Hbond substituents is 1. The van der Waals surface area contributed by atoms with Crippen molar-refractivity contribution in [2.24, 2.45) is 0 Å². The Morgan fingerprint density at radius 2 is 1.74 bits per heavy atom. The number of aromatic carboxylic acids is 1. The van der Waals surface area contributed by atoms with Gasteiger partial charge < -0.3 is 25.3 Å². The lowest BCUT2D eigenvalue weighted by Gasteiger charge is -2.19. The summed E-state index contributed by atoms with van der Waals surface area (Å²) in [6.07, 6.45) is 0. The lowest BCUT2D eigenvalue weighted by atomic mass is 9.92. The number of anilines is 1. The molecule has 8 heteroatoms. The van der Waals surface area contributed by atoms with Gasteiger partial charge in [-0.05, 0) is 73.6 Å². The van der Waals surface area contributed by atoms with Crippen LogP contribution < -0.4 is 16.1 Å². The molecule has 0 saturated carbocycles. The van der Waals surface area contributed by atoms with Crippen LogP contribution in [-0.4, -0.2) is 21.3 Å². The highest BCUT2D eigenvalue weighted by atomic mass is 32.1. The average Bonchev–Trinajstić information content (AvgIpc) is 2.87. The molecule has 38 heavy (non-hydrogen) atoms. The number of nitrogens with one attached hydrogen (secondary N) is 2. The summed E-state index contributed by atoms with van der Waals surface area (Å²) in [5.41, 5.74) is 4.65. The van der Waals surface area contributed by atoms with Gasteiger partial charge in [-0.15, -0.1) is 0 Å². The third kappa shape index (κ3) is 4.94. The highest BCUT2D eigenvalue weighted by Gasteiger charge is 2.20. The summed E-state index contributed by atoms with van der Waals surface area (Å²) in [4.78, 5) is 24.3. The summed E-state index contributed by atoms with van der Waals surface area (Å²) >= 11 is 5.48. The largest absolute Gasteiger partial charge is 0.508 e. The van der Waals surface area contributed by atoms with E-state index >= 15 is 0 Å². The summed E-state index contributed by atoms with van der Waals surface area (Å²) in [6.45, 7) is 3.99. The molecule has 0 bridgehead atoms. The smallest absolute Gasteiger partial charge is 0.337 e. The van der Waals surface area contributed by atoms with Crippen LogP contribution in [0.4, 0.5) is 5.69 Å². The first kappa shape index (κ1) is 25.0. The molecule has 0 radical (unpaired) electrons. The Balaban J connectivity index is 1.53. The van der Waals surface area contributed by atoms with Gasteiger partial charge in [-0.25, -0.2) is 4.79 Å².